The summed E-state index contributed by atoms with van der Waals surface area (Å²) in [5, 5.41) is 1.12. The number of aromatic nitrogens is 1. The molecule has 0 fully saturated rings. The van der Waals surface area contributed by atoms with Gasteiger partial charge in [-0.25, -0.2) is 4.39 Å². The molecule has 0 spiro atoms. The number of para-hydroxylation sites is 1. The van der Waals surface area contributed by atoms with Gasteiger partial charge in [-0.1, -0.05) is 36.4 Å². The molecule has 3 nitrogen and oxygen atoms in total. The predicted octanol–water partition coefficient (Wildman–Crippen LogP) is 3.75. The number of rotatable bonds is 4. The van der Waals surface area contributed by atoms with E-state index < -0.39 is 0 Å². The van der Waals surface area contributed by atoms with Gasteiger partial charge in [0.25, 0.3) is 0 Å². The van der Waals surface area contributed by atoms with Crippen LogP contribution in [-0.2, 0) is 17.9 Å². The zero-order valence-corrected chi connectivity index (χ0v) is 13.3. The van der Waals surface area contributed by atoms with E-state index in [1.807, 2.05) is 35.8 Å². The summed E-state index contributed by atoms with van der Waals surface area (Å²) in [4.78, 5) is 14.1. The monoisotopic (exact) mass is 310 g/mol. The van der Waals surface area contributed by atoms with Crippen molar-refractivity contribution in [3.05, 3.63) is 71.7 Å². The lowest BCUT2D eigenvalue weighted by Gasteiger charge is -2.19. The fourth-order valence-corrected chi connectivity index (χ4v) is 2.78. The molecular formula is C19H19FN2O. The first kappa shape index (κ1) is 15.3. The number of benzene rings is 2. The van der Waals surface area contributed by atoms with Crippen molar-refractivity contribution >= 4 is 16.8 Å². The summed E-state index contributed by atoms with van der Waals surface area (Å²) in [6.07, 6.45) is 0. The van der Waals surface area contributed by atoms with E-state index in [1.54, 1.807) is 30.1 Å². The topological polar surface area (TPSA) is 25.2 Å². The molecule has 0 aliphatic carbocycles. The molecule has 0 aliphatic heterocycles. The van der Waals surface area contributed by atoms with Gasteiger partial charge in [-0.2, -0.15) is 0 Å². The Morgan fingerprint density at radius 1 is 1.13 bits per heavy atom. The van der Waals surface area contributed by atoms with E-state index in [0.717, 1.165) is 16.6 Å². The lowest BCUT2D eigenvalue weighted by molar-refractivity contribution is -0.131. The Hall–Kier alpha value is -2.62. The Balaban J connectivity index is 1.78. The summed E-state index contributed by atoms with van der Waals surface area (Å²) >= 11 is 0. The summed E-state index contributed by atoms with van der Waals surface area (Å²) in [6.45, 7) is 2.51. The van der Waals surface area contributed by atoms with E-state index in [2.05, 4.69) is 6.07 Å². The molecule has 0 bridgehead atoms. The Labute approximate surface area is 135 Å². The molecule has 0 saturated carbocycles. The average molecular weight is 310 g/mol. The Kier molecular flexibility index (Phi) is 4.15. The van der Waals surface area contributed by atoms with Crippen LogP contribution in [0.5, 0.6) is 0 Å². The first-order valence-electron chi connectivity index (χ1n) is 7.58. The molecule has 0 unspecified atom stereocenters. The maximum absolute atomic E-state index is 13.7. The first-order chi connectivity index (χ1) is 11.1. The van der Waals surface area contributed by atoms with Crippen LogP contribution in [0.1, 0.15) is 11.3 Å². The highest BCUT2D eigenvalue weighted by molar-refractivity contribution is 5.84. The van der Waals surface area contributed by atoms with Crippen LogP contribution in [0.4, 0.5) is 4.39 Å². The molecule has 0 atom stereocenters. The third-order valence-electron chi connectivity index (χ3n) is 4.10. The molecular weight excluding hydrogens is 291 g/mol. The van der Waals surface area contributed by atoms with Gasteiger partial charge in [-0.15, -0.1) is 0 Å². The molecule has 1 heterocycles. The highest BCUT2D eigenvalue weighted by Gasteiger charge is 2.14. The maximum Gasteiger partial charge on any atom is 0.242 e. The van der Waals surface area contributed by atoms with Crippen molar-refractivity contribution in [3.8, 4) is 0 Å². The maximum atomic E-state index is 13.7. The van der Waals surface area contributed by atoms with Crippen molar-refractivity contribution in [2.24, 2.45) is 0 Å². The van der Waals surface area contributed by atoms with Gasteiger partial charge in [0.1, 0.15) is 12.4 Å². The van der Waals surface area contributed by atoms with Crippen LogP contribution in [0.15, 0.2) is 54.6 Å². The number of halogens is 1. The molecule has 0 radical (unpaired) electrons. The van der Waals surface area contributed by atoms with Crippen LogP contribution in [0.25, 0.3) is 10.9 Å². The van der Waals surface area contributed by atoms with Crippen LogP contribution < -0.4 is 0 Å². The standard InChI is InChI=1S/C19H19FN2O/c1-14-11-15-7-4-6-10-18(15)22(14)13-19(23)21(2)12-16-8-3-5-9-17(16)20/h3-11H,12-13H2,1-2H3. The van der Waals surface area contributed by atoms with Crippen LogP contribution in [0.2, 0.25) is 0 Å². The number of fused-ring (bicyclic) bond motifs is 1. The third kappa shape index (κ3) is 3.11. The SMILES string of the molecule is Cc1cc2ccccc2n1CC(=O)N(C)Cc1ccccc1F. The second kappa shape index (κ2) is 6.24. The van der Waals surface area contributed by atoms with E-state index in [1.165, 1.54) is 6.07 Å². The third-order valence-corrected chi connectivity index (χ3v) is 4.10. The molecule has 4 heteroatoms. The summed E-state index contributed by atoms with van der Waals surface area (Å²) < 4.78 is 15.7. The fraction of sp³-hybridized carbons (Fsp3) is 0.211. The molecule has 1 aromatic heterocycles. The van der Waals surface area contributed by atoms with Gasteiger partial charge in [0.05, 0.1) is 0 Å². The molecule has 118 valence electrons. The quantitative estimate of drug-likeness (QED) is 0.720. The van der Waals surface area contributed by atoms with Gasteiger partial charge in [0, 0.05) is 30.4 Å². The molecule has 2 aromatic carbocycles. The van der Waals surface area contributed by atoms with Gasteiger partial charge < -0.3 is 9.47 Å². The first-order valence-corrected chi connectivity index (χ1v) is 7.58. The normalized spacial score (nSPS) is 10.9. The highest BCUT2D eigenvalue weighted by atomic mass is 19.1. The van der Waals surface area contributed by atoms with Gasteiger partial charge in [0.15, 0.2) is 0 Å². The molecule has 3 rings (SSSR count). The number of nitrogens with zero attached hydrogens (tertiary/aromatic N) is 2. The number of aryl methyl sites for hydroxylation is 1. The number of likely N-dealkylation sites (N-methyl/N-ethyl adjacent to an activating group) is 1. The summed E-state index contributed by atoms with van der Waals surface area (Å²) in [6, 6.07) is 16.6. The van der Waals surface area contributed by atoms with E-state index in [4.69, 9.17) is 0 Å². The number of hydrogen-bond donors (Lipinski definition) is 0. The van der Waals surface area contributed by atoms with E-state index in [0.29, 0.717) is 5.56 Å². The van der Waals surface area contributed by atoms with Crippen molar-refractivity contribution in [2.75, 3.05) is 7.05 Å². The highest BCUT2D eigenvalue weighted by Crippen LogP contribution is 2.19. The van der Waals surface area contributed by atoms with Crippen LogP contribution >= 0.6 is 0 Å². The number of carbonyl (C=O) groups is 1. The summed E-state index contributed by atoms with van der Waals surface area (Å²) in [5.41, 5.74) is 2.61. The van der Waals surface area contributed by atoms with Gasteiger partial charge in [0.2, 0.25) is 5.91 Å². The fourth-order valence-electron chi connectivity index (χ4n) is 2.78. The number of hydrogen-bond acceptors (Lipinski definition) is 1. The molecule has 1 amide bonds. The van der Waals surface area contributed by atoms with Crippen LogP contribution in [-0.4, -0.2) is 22.4 Å². The second-order valence-corrected chi connectivity index (χ2v) is 5.77. The van der Waals surface area contributed by atoms with Gasteiger partial charge in [-0.3, -0.25) is 4.79 Å². The Morgan fingerprint density at radius 2 is 1.83 bits per heavy atom. The lowest BCUT2D eigenvalue weighted by atomic mass is 10.2. The van der Waals surface area contributed by atoms with Gasteiger partial charge in [-0.05, 0) is 30.5 Å². The van der Waals surface area contributed by atoms with E-state index in [-0.39, 0.29) is 24.8 Å². The van der Waals surface area contributed by atoms with Crippen LogP contribution in [0, 0.1) is 12.7 Å². The van der Waals surface area contributed by atoms with Crippen LogP contribution in [0.3, 0.4) is 0 Å². The minimum atomic E-state index is -0.283. The zero-order chi connectivity index (χ0) is 16.4. The van der Waals surface area contributed by atoms with Crippen molar-refractivity contribution in [1.82, 2.24) is 9.47 Å². The van der Waals surface area contributed by atoms with E-state index in [9.17, 15) is 9.18 Å². The largest absolute Gasteiger partial charge is 0.340 e. The van der Waals surface area contributed by atoms with Gasteiger partial charge >= 0.3 is 0 Å². The number of carbonyl (C=O) groups excluding carboxylic acids is 1. The molecule has 23 heavy (non-hydrogen) atoms. The van der Waals surface area contributed by atoms with Crippen molar-refractivity contribution < 1.29 is 9.18 Å². The molecule has 0 aliphatic rings. The van der Waals surface area contributed by atoms with Crippen molar-refractivity contribution in [1.29, 1.82) is 0 Å². The Bertz CT molecular complexity index is 853. The van der Waals surface area contributed by atoms with Crippen molar-refractivity contribution in [3.63, 3.8) is 0 Å². The summed E-state index contributed by atoms with van der Waals surface area (Å²) in [5.74, 6) is -0.326. The zero-order valence-electron chi connectivity index (χ0n) is 13.3. The number of amides is 1. The summed E-state index contributed by atoms with van der Waals surface area (Å²) in [7, 11) is 1.70. The minimum Gasteiger partial charge on any atom is -0.340 e. The molecule has 0 saturated heterocycles. The lowest BCUT2D eigenvalue weighted by Crippen LogP contribution is -2.30. The predicted molar refractivity (Wildman–Crippen MR) is 89.5 cm³/mol. The second-order valence-electron chi connectivity index (χ2n) is 5.77. The minimum absolute atomic E-state index is 0.0438. The Morgan fingerprint density at radius 3 is 2.61 bits per heavy atom. The smallest absolute Gasteiger partial charge is 0.242 e. The average Bonchev–Trinajstić information content (AvgIpc) is 2.85. The van der Waals surface area contributed by atoms with E-state index >= 15 is 0 Å². The molecule has 3 aromatic rings. The molecule has 0 N–H and O–H groups in total. The van der Waals surface area contributed by atoms with Crippen molar-refractivity contribution in [2.45, 2.75) is 20.0 Å².